The van der Waals surface area contributed by atoms with Crippen LogP contribution in [0.2, 0.25) is 0 Å². The van der Waals surface area contributed by atoms with Crippen molar-refractivity contribution >= 4 is 0 Å². The van der Waals surface area contributed by atoms with Gasteiger partial charge >= 0.3 is 29.6 Å². The summed E-state index contributed by atoms with van der Waals surface area (Å²) < 4.78 is 26.0. The maximum Gasteiger partial charge on any atom is 1.00 e. The molecule has 0 amide bonds. The van der Waals surface area contributed by atoms with Crippen molar-refractivity contribution in [3.8, 4) is 0 Å². The summed E-state index contributed by atoms with van der Waals surface area (Å²) in [6.45, 7) is 7.54. The molecule has 3 heteroatoms. The van der Waals surface area contributed by atoms with Crippen molar-refractivity contribution in [2.75, 3.05) is 0 Å². The second-order valence-electron chi connectivity index (χ2n) is 3.43. The molecule has 1 aromatic rings. The van der Waals surface area contributed by atoms with E-state index in [1.54, 1.807) is 0 Å². The molecule has 68 valence electrons. The summed E-state index contributed by atoms with van der Waals surface area (Å²) >= 11 is 0. The van der Waals surface area contributed by atoms with Crippen molar-refractivity contribution in [1.29, 1.82) is 0 Å². The van der Waals surface area contributed by atoms with Gasteiger partial charge in [0.25, 0.3) is 0 Å². The number of benzene rings is 1. The molecule has 0 heterocycles. The minimum Gasteiger partial charge on any atom is -0.514 e. The van der Waals surface area contributed by atoms with Crippen molar-refractivity contribution < 1.29 is 38.3 Å². The zero-order chi connectivity index (χ0) is 9.59. The zero-order valence-corrected chi connectivity index (χ0v) is 10.3. The summed E-state index contributed by atoms with van der Waals surface area (Å²) in [4.78, 5) is 0. The monoisotopic (exact) mass is 202 g/mol. The van der Waals surface area contributed by atoms with E-state index in [1.165, 1.54) is 6.07 Å². The Hall–Kier alpha value is -0.180. The van der Waals surface area contributed by atoms with Crippen molar-refractivity contribution in [1.82, 2.24) is 0 Å². The van der Waals surface area contributed by atoms with E-state index >= 15 is 0 Å². The standard InChI is InChI=1S/C11H9F2.Na/c1-6-3-10-9(7(6)2)4-8(12)5-11(10)13;/h1,4-5,7H,3H2,2H3;/q-1;+1. The smallest absolute Gasteiger partial charge is 0.514 e. The Kier molecular flexibility index (Phi) is 3.51. The van der Waals surface area contributed by atoms with Crippen molar-refractivity contribution in [2.24, 2.45) is 0 Å². The number of hydrogen-bond acceptors (Lipinski definition) is 0. The molecule has 0 aliphatic heterocycles. The van der Waals surface area contributed by atoms with Crippen LogP contribution in [0.4, 0.5) is 8.78 Å². The number of rotatable bonds is 0. The molecule has 0 N–H and O–H groups in total. The molecule has 1 unspecified atom stereocenters. The summed E-state index contributed by atoms with van der Waals surface area (Å²) in [7, 11) is 0. The van der Waals surface area contributed by atoms with E-state index in [-0.39, 0.29) is 35.5 Å². The van der Waals surface area contributed by atoms with Crippen LogP contribution in [-0.4, -0.2) is 0 Å². The number of allylic oxidation sites excluding steroid dienone is 1. The van der Waals surface area contributed by atoms with E-state index in [0.29, 0.717) is 23.1 Å². The van der Waals surface area contributed by atoms with Gasteiger partial charge in [-0.15, -0.1) is 0 Å². The van der Waals surface area contributed by atoms with Crippen molar-refractivity contribution in [2.45, 2.75) is 19.3 Å². The molecule has 0 nitrogen and oxygen atoms in total. The molecule has 1 aromatic carbocycles. The molecule has 0 saturated heterocycles. The van der Waals surface area contributed by atoms with E-state index in [2.05, 4.69) is 0 Å². The van der Waals surface area contributed by atoms with Crippen LogP contribution in [0.15, 0.2) is 17.7 Å². The molecule has 2 rings (SSSR count). The van der Waals surface area contributed by atoms with Gasteiger partial charge in [0, 0.05) is 6.07 Å². The van der Waals surface area contributed by atoms with Crippen LogP contribution in [0, 0.1) is 18.2 Å². The fourth-order valence-electron chi connectivity index (χ4n) is 1.75. The molecule has 0 saturated carbocycles. The van der Waals surface area contributed by atoms with E-state index < -0.39 is 11.6 Å². The van der Waals surface area contributed by atoms with Gasteiger partial charge < -0.3 is 6.58 Å². The maximum absolute atomic E-state index is 13.2. The Labute approximate surface area is 104 Å². The van der Waals surface area contributed by atoms with Gasteiger partial charge in [-0.2, -0.15) is 0 Å². The summed E-state index contributed by atoms with van der Waals surface area (Å²) in [6.07, 6.45) is 0.433. The second kappa shape index (κ2) is 4.13. The number of halogens is 2. The van der Waals surface area contributed by atoms with Crippen LogP contribution >= 0.6 is 0 Å². The fraction of sp³-hybridized carbons (Fsp3) is 0.273. The van der Waals surface area contributed by atoms with Crippen molar-refractivity contribution in [3.63, 3.8) is 0 Å². The Balaban J connectivity index is 0.000000980. The minimum atomic E-state index is -0.530. The van der Waals surface area contributed by atoms with Crippen LogP contribution in [0.3, 0.4) is 0 Å². The predicted octanol–water partition coefficient (Wildman–Crippen LogP) is -0.0122. The molecule has 1 aliphatic rings. The van der Waals surface area contributed by atoms with Crippen molar-refractivity contribution in [3.05, 3.63) is 47.0 Å². The van der Waals surface area contributed by atoms with Crippen LogP contribution in [-0.2, 0) is 6.42 Å². The Bertz CT molecular complexity index is 385. The topological polar surface area (TPSA) is 0 Å². The quantitative estimate of drug-likeness (QED) is 0.410. The largest absolute Gasteiger partial charge is 1.00 e. The second-order valence-corrected chi connectivity index (χ2v) is 3.43. The normalized spacial score (nSPS) is 19.1. The minimum absolute atomic E-state index is 0. The summed E-state index contributed by atoms with van der Waals surface area (Å²) in [5, 5.41) is 0. The van der Waals surface area contributed by atoms with Gasteiger partial charge in [0.15, 0.2) is 0 Å². The van der Waals surface area contributed by atoms with Gasteiger partial charge in [0.05, 0.1) is 0 Å². The molecule has 14 heavy (non-hydrogen) atoms. The first-order valence-electron chi connectivity index (χ1n) is 4.18. The van der Waals surface area contributed by atoms with Gasteiger partial charge in [0.1, 0.15) is 11.6 Å². The third kappa shape index (κ3) is 1.79. The molecule has 0 aromatic heterocycles. The van der Waals surface area contributed by atoms with E-state index in [0.717, 1.165) is 6.07 Å². The Morgan fingerprint density at radius 3 is 2.64 bits per heavy atom. The molecule has 0 bridgehead atoms. The van der Waals surface area contributed by atoms with Crippen LogP contribution in [0.25, 0.3) is 0 Å². The summed E-state index contributed by atoms with van der Waals surface area (Å²) in [6, 6.07) is 2.27. The summed E-state index contributed by atoms with van der Waals surface area (Å²) in [5.74, 6) is -1.04. The summed E-state index contributed by atoms with van der Waals surface area (Å²) in [5.41, 5.74) is 1.95. The van der Waals surface area contributed by atoms with Crippen LogP contribution < -0.4 is 29.6 Å². The maximum atomic E-state index is 13.2. The van der Waals surface area contributed by atoms with Gasteiger partial charge in [0.2, 0.25) is 0 Å². The average Bonchev–Trinajstić information content (AvgIpc) is 2.32. The number of hydrogen-bond donors (Lipinski definition) is 0. The molecule has 1 atom stereocenters. The first kappa shape index (κ1) is 11.9. The van der Waals surface area contributed by atoms with Gasteiger partial charge in [-0.1, -0.05) is 6.92 Å². The van der Waals surface area contributed by atoms with E-state index in [1.807, 2.05) is 6.92 Å². The number of fused-ring (bicyclic) bond motifs is 1. The predicted molar refractivity (Wildman–Crippen MR) is 46.3 cm³/mol. The van der Waals surface area contributed by atoms with Crippen LogP contribution in [0.1, 0.15) is 24.0 Å². The average molecular weight is 202 g/mol. The Morgan fingerprint density at radius 2 is 2.00 bits per heavy atom. The molecule has 0 fully saturated rings. The fourth-order valence-corrected chi connectivity index (χ4v) is 1.75. The molecule has 0 spiro atoms. The first-order chi connectivity index (χ1) is 6.09. The Morgan fingerprint density at radius 1 is 1.36 bits per heavy atom. The molecular formula is C11H9F2Na. The third-order valence-corrected chi connectivity index (χ3v) is 2.60. The zero-order valence-electron chi connectivity index (χ0n) is 8.27. The van der Waals surface area contributed by atoms with E-state index in [9.17, 15) is 8.78 Å². The van der Waals surface area contributed by atoms with Gasteiger partial charge in [-0.25, -0.2) is 14.4 Å². The van der Waals surface area contributed by atoms with Gasteiger partial charge in [-0.3, -0.25) is 0 Å². The van der Waals surface area contributed by atoms with Gasteiger partial charge in [-0.05, 0) is 29.5 Å². The van der Waals surface area contributed by atoms with E-state index in [4.69, 9.17) is 6.58 Å². The molecule has 1 aliphatic carbocycles. The van der Waals surface area contributed by atoms with Crippen LogP contribution in [0.5, 0.6) is 0 Å². The first-order valence-corrected chi connectivity index (χ1v) is 4.18. The third-order valence-electron chi connectivity index (χ3n) is 2.60. The molecule has 0 radical (unpaired) electrons. The molecular weight excluding hydrogens is 193 g/mol. The SMILES string of the molecule is [CH-]=C1Cc2c(F)cc(F)cc2C1C.[Na+].